The summed E-state index contributed by atoms with van der Waals surface area (Å²) in [5, 5.41) is 2.37. The summed E-state index contributed by atoms with van der Waals surface area (Å²) in [5.41, 5.74) is 7.60. The molecule has 3 aromatic carbocycles. The second-order valence-electron chi connectivity index (χ2n) is 7.16. The number of fused-ring (bicyclic) bond motifs is 2. The molecule has 3 nitrogen and oxygen atoms in total. The lowest BCUT2D eigenvalue weighted by Gasteiger charge is -2.32. The average molecular weight is 371 g/mol. The third-order valence-electron chi connectivity index (χ3n) is 5.45. The van der Waals surface area contributed by atoms with Crippen molar-refractivity contribution in [2.75, 3.05) is 4.90 Å². The Balaban J connectivity index is 1.71. The van der Waals surface area contributed by atoms with Gasteiger partial charge in [-0.3, -0.25) is 4.98 Å². The lowest BCUT2D eigenvalue weighted by molar-refractivity contribution is 1.22. The van der Waals surface area contributed by atoms with Crippen LogP contribution >= 0.6 is 0 Å². The van der Waals surface area contributed by atoms with Crippen molar-refractivity contribution in [3.8, 4) is 22.5 Å². The maximum Gasteiger partial charge on any atom is 0.0830 e. The number of para-hydroxylation sites is 1. The predicted molar refractivity (Wildman–Crippen MR) is 119 cm³/mol. The summed E-state index contributed by atoms with van der Waals surface area (Å²) in [4.78, 5) is 11.8. The average Bonchev–Trinajstić information content (AvgIpc) is 2.80. The number of pyridine rings is 2. The van der Waals surface area contributed by atoms with Gasteiger partial charge in [0.05, 0.1) is 34.6 Å². The number of aromatic nitrogens is 2. The molecule has 1 aliphatic rings. The molecule has 3 heterocycles. The number of benzene rings is 3. The fourth-order valence-corrected chi connectivity index (χ4v) is 4.19. The molecule has 29 heavy (non-hydrogen) atoms. The quantitative estimate of drug-likeness (QED) is 0.337. The van der Waals surface area contributed by atoms with Gasteiger partial charge < -0.3 is 4.90 Å². The van der Waals surface area contributed by atoms with Gasteiger partial charge >= 0.3 is 0 Å². The maximum atomic E-state index is 5.13. The predicted octanol–water partition coefficient (Wildman–Crippen LogP) is 6.75. The van der Waals surface area contributed by atoms with Crippen LogP contribution in [-0.4, -0.2) is 9.97 Å². The van der Waals surface area contributed by atoms with E-state index in [1.54, 1.807) is 0 Å². The zero-order chi connectivity index (χ0) is 19.2. The molecule has 0 aliphatic carbocycles. The van der Waals surface area contributed by atoms with Crippen molar-refractivity contribution in [3.05, 3.63) is 103 Å². The molecule has 0 atom stereocenters. The number of rotatable bonds is 2. The summed E-state index contributed by atoms with van der Waals surface area (Å²) in [6.45, 7) is 0. The smallest absolute Gasteiger partial charge is 0.0830 e. The Morgan fingerprint density at radius 2 is 1.52 bits per heavy atom. The van der Waals surface area contributed by atoms with Gasteiger partial charge in [-0.2, -0.15) is 0 Å². The summed E-state index contributed by atoms with van der Waals surface area (Å²) < 4.78 is 0. The van der Waals surface area contributed by atoms with E-state index in [2.05, 4.69) is 88.7 Å². The molecule has 0 unspecified atom stereocenters. The molecule has 0 saturated carbocycles. The van der Waals surface area contributed by atoms with Crippen LogP contribution in [0.5, 0.6) is 0 Å². The van der Waals surface area contributed by atoms with Crippen molar-refractivity contribution in [2.45, 2.75) is 0 Å². The lowest BCUT2D eigenvalue weighted by Crippen LogP contribution is -2.15. The minimum absolute atomic E-state index is 0.995. The van der Waals surface area contributed by atoms with Crippen molar-refractivity contribution < 1.29 is 0 Å². The van der Waals surface area contributed by atoms with Crippen LogP contribution in [0.4, 0.5) is 17.1 Å². The Morgan fingerprint density at radius 3 is 2.38 bits per heavy atom. The first-order valence-corrected chi connectivity index (χ1v) is 9.69. The highest BCUT2D eigenvalue weighted by atomic mass is 15.2. The second kappa shape index (κ2) is 6.28. The maximum absolute atomic E-state index is 5.13. The van der Waals surface area contributed by atoms with E-state index in [1.807, 2.05) is 24.5 Å². The van der Waals surface area contributed by atoms with Crippen molar-refractivity contribution >= 4 is 27.8 Å². The Bertz CT molecular complexity index is 1340. The SMILES string of the molecule is c1ccc(-c2cc3cccc4c3c(n2)-c2ccccc2N4c2cccnc2)cc1. The van der Waals surface area contributed by atoms with Gasteiger partial charge in [-0.1, -0.05) is 60.7 Å². The molecule has 136 valence electrons. The molecular weight excluding hydrogens is 354 g/mol. The van der Waals surface area contributed by atoms with Crippen LogP contribution in [0.2, 0.25) is 0 Å². The van der Waals surface area contributed by atoms with Gasteiger partial charge in [0.1, 0.15) is 0 Å². The molecule has 0 radical (unpaired) electrons. The van der Waals surface area contributed by atoms with Gasteiger partial charge in [0.15, 0.2) is 0 Å². The van der Waals surface area contributed by atoms with Crippen molar-refractivity contribution in [2.24, 2.45) is 0 Å². The van der Waals surface area contributed by atoms with Gasteiger partial charge in [0.2, 0.25) is 0 Å². The summed E-state index contributed by atoms with van der Waals surface area (Å²) >= 11 is 0. The zero-order valence-electron chi connectivity index (χ0n) is 15.7. The second-order valence-corrected chi connectivity index (χ2v) is 7.16. The fraction of sp³-hybridized carbons (Fsp3) is 0. The van der Waals surface area contributed by atoms with Crippen LogP contribution in [0, 0.1) is 0 Å². The molecule has 0 saturated heterocycles. The molecule has 6 rings (SSSR count). The van der Waals surface area contributed by atoms with Crippen LogP contribution in [0.1, 0.15) is 0 Å². The molecule has 0 amide bonds. The summed E-state index contributed by atoms with van der Waals surface area (Å²) in [6.07, 6.45) is 3.72. The van der Waals surface area contributed by atoms with Crippen molar-refractivity contribution in [1.82, 2.24) is 9.97 Å². The summed E-state index contributed by atoms with van der Waals surface area (Å²) in [6, 6.07) is 31.6. The summed E-state index contributed by atoms with van der Waals surface area (Å²) in [7, 11) is 0. The first kappa shape index (κ1) is 16.0. The highest BCUT2D eigenvalue weighted by Gasteiger charge is 2.27. The van der Waals surface area contributed by atoms with Crippen molar-refractivity contribution in [1.29, 1.82) is 0 Å². The van der Waals surface area contributed by atoms with Crippen LogP contribution in [-0.2, 0) is 0 Å². The van der Waals surface area contributed by atoms with Crippen LogP contribution in [0.3, 0.4) is 0 Å². The van der Waals surface area contributed by atoms with E-state index in [-0.39, 0.29) is 0 Å². The van der Waals surface area contributed by atoms with E-state index in [1.165, 1.54) is 10.8 Å². The molecular formula is C26H17N3. The van der Waals surface area contributed by atoms with E-state index in [9.17, 15) is 0 Å². The Labute approximate surface area is 168 Å². The lowest BCUT2D eigenvalue weighted by atomic mass is 9.94. The fourth-order valence-electron chi connectivity index (χ4n) is 4.19. The molecule has 3 heteroatoms. The number of hydrogen-bond donors (Lipinski definition) is 0. The molecule has 1 aliphatic heterocycles. The molecule has 2 aromatic heterocycles. The standard InChI is InChI=1S/C26H17N3/c1-2-8-18(9-3-1)22-16-19-10-6-14-24-25(19)26(28-22)21-12-4-5-13-23(21)29(24)20-11-7-15-27-17-20/h1-17H. The summed E-state index contributed by atoms with van der Waals surface area (Å²) in [5.74, 6) is 0. The third-order valence-corrected chi connectivity index (χ3v) is 5.45. The largest absolute Gasteiger partial charge is 0.308 e. The van der Waals surface area contributed by atoms with Gasteiger partial charge in [0.25, 0.3) is 0 Å². The van der Waals surface area contributed by atoms with E-state index in [0.29, 0.717) is 0 Å². The van der Waals surface area contributed by atoms with Crippen molar-refractivity contribution in [3.63, 3.8) is 0 Å². The zero-order valence-corrected chi connectivity index (χ0v) is 15.7. The minimum Gasteiger partial charge on any atom is -0.308 e. The molecule has 5 aromatic rings. The van der Waals surface area contributed by atoms with E-state index in [0.717, 1.165) is 39.6 Å². The normalized spacial score (nSPS) is 12.1. The number of nitrogens with zero attached hydrogens (tertiary/aromatic N) is 3. The molecule has 0 bridgehead atoms. The van der Waals surface area contributed by atoms with Gasteiger partial charge in [0, 0.05) is 22.7 Å². The van der Waals surface area contributed by atoms with Crippen LogP contribution in [0.25, 0.3) is 33.3 Å². The minimum atomic E-state index is 0.995. The highest BCUT2D eigenvalue weighted by Crippen LogP contribution is 2.50. The van der Waals surface area contributed by atoms with Gasteiger partial charge in [-0.05, 0) is 35.7 Å². The Hall–Kier alpha value is -3.98. The van der Waals surface area contributed by atoms with E-state index < -0.39 is 0 Å². The first-order valence-electron chi connectivity index (χ1n) is 9.69. The van der Waals surface area contributed by atoms with E-state index >= 15 is 0 Å². The Kier molecular flexibility index (Phi) is 3.47. The number of anilines is 3. The molecule has 0 N–H and O–H groups in total. The van der Waals surface area contributed by atoms with Gasteiger partial charge in [-0.25, -0.2) is 4.98 Å². The Morgan fingerprint density at radius 1 is 0.690 bits per heavy atom. The molecule has 0 spiro atoms. The van der Waals surface area contributed by atoms with E-state index in [4.69, 9.17) is 4.98 Å². The number of hydrogen-bond acceptors (Lipinski definition) is 3. The van der Waals surface area contributed by atoms with Crippen LogP contribution in [0.15, 0.2) is 103 Å². The monoisotopic (exact) mass is 371 g/mol. The highest BCUT2D eigenvalue weighted by molar-refractivity contribution is 6.13. The first-order chi connectivity index (χ1) is 14.4. The molecule has 0 fully saturated rings. The van der Waals surface area contributed by atoms with Crippen LogP contribution < -0.4 is 4.90 Å². The third kappa shape index (κ3) is 2.44. The topological polar surface area (TPSA) is 29.0 Å². The van der Waals surface area contributed by atoms with Gasteiger partial charge in [-0.15, -0.1) is 0 Å².